The van der Waals surface area contributed by atoms with Gasteiger partial charge in [0.2, 0.25) is 0 Å². The van der Waals surface area contributed by atoms with E-state index >= 15 is 0 Å². The summed E-state index contributed by atoms with van der Waals surface area (Å²) in [5, 5.41) is 0. The Kier molecular flexibility index (Phi) is 3.21. The van der Waals surface area contributed by atoms with Crippen molar-refractivity contribution in [3.05, 3.63) is 21.9 Å². The third-order valence-corrected chi connectivity index (χ3v) is 3.18. The van der Waals surface area contributed by atoms with Gasteiger partial charge in [-0.25, -0.2) is 0 Å². The number of rotatable bonds is 2. The zero-order valence-electron chi connectivity index (χ0n) is 7.93. The molecular formula is C9H12F3NS. The molecule has 0 bridgehead atoms. The molecule has 0 aliphatic heterocycles. The predicted molar refractivity (Wildman–Crippen MR) is 51.1 cm³/mol. The number of alkyl halides is 3. The maximum Gasteiger partial charge on any atom is 0.425 e. The first kappa shape index (κ1) is 11.5. The number of thiophene rings is 1. The molecule has 0 fully saturated rings. The van der Waals surface area contributed by atoms with Crippen molar-refractivity contribution in [3.63, 3.8) is 0 Å². The third-order valence-electron chi connectivity index (χ3n) is 1.95. The van der Waals surface area contributed by atoms with Crippen LogP contribution >= 0.6 is 11.3 Å². The Hall–Kier alpha value is -0.550. The Morgan fingerprint density at radius 3 is 2.21 bits per heavy atom. The maximum absolute atomic E-state index is 12.2. The van der Waals surface area contributed by atoms with Crippen LogP contribution in [0.15, 0.2) is 12.1 Å². The number of nitrogens with two attached hydrogens (primary N) is 1. The quantitative estimate of drug-likeness (QED) is 0.816. The van der Waals surface area contributed by atoms with Crippen molar-refractivity contribution < 1.29 is 13.2 Å². The van der Waals surface area contributed by atoms with Gasteiger partial charge in [0.25, 0.3) is 0 Å². The first-order chi connectivity index (χ1) is 6.32. The molecule has 0 saturated heterocycles. The fraction of sp³-hybridized carbons (Fsp3) is 0.556. The minimum absolute atomic E-state index is 0.148. The lowest BCUT2D eigenvalue weighted by Crippen LogP contribution is -2.15. The summed E-state index contributed by atoms with van der Waals surface area (Å²) >= 11 is 0.726. The predicted octanol–water partition coefficient (Wildman–Crippen LogP) is 3.42. The normalized spacial score (nSPS) is 14.8. The zero-order chi connectivity index (χ0) is 10.9. The molecule has 1 aromatic rings. The average Bonchev–Trinajstić information content (AvgIpc) is 2.49. The second-order valence-electron chi connectivity index (χ2n) is 3.47. The van der Waals surface area contributed by atoms with Crippen LogP contribution < -0.4 is 5.73 Å². The fourth-order valence-electron chi connectivity index (χ4n) is 1.01. The van der Waals surface area contributed by atoms with E-state index in [2.05, 4.69) is 0 Å². The molecule has 1 heterocycles. The van der Waals surface area contributed by atoms with Gasteiger partial charge in [-0.1, -0.05) is 13.8 Å². The van der Waals surface area contributed by atoms with Crippen molar-refractivity contribution in [1.29, 1.82) is 0 Å². The summed E-state index contributed by atoms with van der Waals surface area (Å²) in [4.78, 5) is 0.0101. The average molecular weight is 223 g/mol. The van der Waals surface area contributed by atoms with E-state index in [0.717, 1.165) is 17.4 Å². The number of halogens is 3. The van der Waals surface area contributed by atoms with Crippen LogP contribution in [-0.4, -0.2) is 0 Å². The Balaban J connectivity index is 2.89. The standard InChI is InChI=1S/C9H12F3NS/c1-5(2)8(13)6-3-4-7(14-6)9(10,11)12/h3-5,8H,13H2,1-2H3/t8-/m0/s1. The van der Waals surface area contributed by atoms with Crippen LogP contribution in [0.3, 0.4) is 0 Å². The lowest BCUT2D eigenvalue weighted by Gasteiger charge is -2.13. The zero-order valence-corrected chi connectivity index (χ0v) is 8.75. The molecule has 0 spiro atoms. The monoisotopic (exact) mass is 223 g/mol. The molecule has 0 saturated carbocycles. The van der Waals surface area contributed by atoms with Crippen molar-refractivity contribution in [3.8, 4) is 0 Å². The molecule has 1 atom stereocenters. The van der Waals surface area contributed by atoms with Crippen LogP contribution in [0.1, 0.15) is 29.6 Å². The molecule has 0 aliphatic rings. The molecule has 14 heavy (non-hydrogen) atoms. The van der Waals surface area contributed by atoms with Gasteiger partial charge in [-0.3, -0.25) is 0 Å². The molecule has 1 nitrogen and oxygen atoms in total. The second kappa shape index (κ2) is 3.90. The van der Waals surface area contributed by atoms with Gasteiger partial charge in [0, 0.05) is 10.9 Å². The first-order valence-corrected chi connectivity index (χ1v) is 5.06. The highest BCUT2D eigenvalue weighted by atomic mass is 32.1. The van der Waals surface area contributed by atoms with Gasteiger partial charge in [-0.2, -0.15) is 13.2 Å². The summed E-state index contributed by atoms with van der Waals surface area (Å²) in [6.07, 6.45) is -4.25. The van der Waals surface area contributed by atoms with Gasteiger partial charge in [0.1, 0.15) is 4.88 Å². The van der Waals surface area contributed by atoms with E-state index in [4.69, 9.17) is 5.73 Å². The second-order valence-corrected chi connectivity index (χ2v) is 4.58. The molecule has 0 unspecified atom stereocenters. The van der Waals surface area contributed by atoms with Crippen LogP contribution in [0.5, 0.6) is 0 Å². The van der Waals surface area contributed by atoms with Crippen molar-refractivity contribution in [1.82, 2.24) is 0 Å². The van der Waals surface area contributed by atoms with Gasteiger partial charge in [-0.15, -0.1) is 11.3 Å². The molecule has 2 N–H and O–H groups in total. The van der Waals surface area contributed by atoms with Crippen LogP contribution in [0.4, 0.5) is 13.2 Å². The lowest BCUT2D eigenvalue weighted by atomic mass is 10.0. The first-order valence-electron chi connectivity index (χ1n) is 4.25. The van der Waals surface area contributed by atoms with Crippen molar-refractivity contribution in [2.75, 3.05) is 0 Å². The summed E-state index contributed by atoms with van der Waals surface area (Å²) < 4.78 is 36.7. The highest BCUT2D eigenvalue weighted by Gasteiger charge is 2.33. The van der Waals surface area contributed by atoms with Crippen LogP contribution in [0.2, 0.25) is 0 Å². The summed E-state index contributed by atoms with van der Waals surface area (Å²) in [5.41, 5.74) is 5.74. The summed E-state index contributed by atoms with van der Waals surface area (Å²) in [5.74, 6) is 0.148. The van der Waals surface area contributed by atoms with E-state index in [9.17, 15) is 13.2 Å². The van der Waals surface area contributed by atoms with E-state index < -0.39 is 11.1 Å². The van der Waals surface area contributed by atoms with Crippen LogP contribution in [0.25, 0.3) is 0 Å². The van der Waals surface area contributed by atoms with Gasteiger partial charge >= 0.3 is 6.18 Å². The minimum Gasteiger partial charge on any atom is -0.323 e. The summed E-state index contributed by atoms with van der Waals surface area (Å²) in [6.45, 7) is 3.77. The minimum atomic E-state index is -4.25. The molecule has 80 valence electrons. The lowest BCUT2D eigenvalue weighted by molar-refractivity contribution is -0.134. The van der Waals surface area contributed by atoms with Crippen molar-refractivity contribution in [2.45, 2.75) is 26.1 Å². The molecule has 0 aromatic carbocycles. The molecule has 0 aliphatic carbocycles. The van der Waals surface area contributed by atoms with E-state index in [0.29, 0.717) is 4.88 Å². The van der Waals surface area contributed by atoms with Gasteiger partial charge in [0.15, 0.2) is 0 Å². The Morgan fingerprint density at radius 1 is 1.29 bits per heavy atom. The van der Waals surface area contributed by atoms with Gasteiger partial charge in [-0.05, 0) is 18.1 Å². The molecule has 5 heteroatoms. The van der Waals surface area contributed by atoms with Crippen molar-refractivity contribution >= 4 is 11.3 Å². The Bertz CT molecular complexity index is 303. The fourth-order valence-corrected chi connectivity index (χ4v) is 2.06. The highest BCUT2D eigenvalue weighted by molar-refractivity contribution is 7.12. The number of hydrogen-bond acceptors (Lipinski definition) is 2. The smallest absolute Gasteiger partial charge is 0.323 e. The maximum atomic E-state index is 12.2. The van der Waals surface area contributed by atoms with E-state index in [1.54, 1.807) is 0 Å². The Labute approximate surface area is 84.7 Å². The molecule has 1 rings (SSSR count). The molecule has 0 radical (unpaired) electrons. The number of hydrogen-bond donors (Lipinski definition) is 1. The van der Waals surface area contributed by atoms with Crippen LogP contribution in [-0.2, 0) is 6.18 Å². The molecule has 0 amide bonds. The van der Waals surface area contributed by atoms with Crippen LogP contribution in [0, 0.1) is 5.92 Å². The highest BCUT2D eigenvalue weighted by Crippen LogP contribution is 2.37. The van der Waals surface area contributed by atoms with E-state index in [-0.39, 0.29) is 12.0 Å². The van der Waals surface area contributed by atoms with E-state index in [1.807, 2.05) is 13.8 Å². The van der Waals surface area contributed by atoms with Gasteiger partial charge < -0.3 is 5.73 Å². The largest absolute Gasteiger partial charge is 0.425 e. The summed E-state index contributed by atoms with van der Waals surface area (Å²) in [6, 6.07) is 2.23. The van der Waals surface area contributed by atoms with Gasteiger partial charge in [0.05, 0.1) is 0 Å². The van der Waals surface area contributed by atoms with Crippen molar-refractivity contribution in [2.24, 2.45) is 11.7 Å². The molecular weight excluding hydrogens is 211 g/mol. The topological polar surface area (TPSA) is 26.0 Å². The Morgan fingerprint density at radius 2 is 1.86 bits per heavy atom. The van der Waals surface area contributed by atoms with E-state index in [1.165, 1.54) is 6.07 Å². The third kappa shape index (κ3) is 2.48. The SMILES string of the molecule is CC(C)[C@H](N)c1ccc(C(F)(F)F)s1. The molecule has 1 aromatic heterocycles. The summed E-state index contributed by atoms with van der Waals surface area (Å²) in [7, 11) is 0.